The molecule has 0 aliphatic heterocycles. The first kappa shape index (κ1) is 17.9. The van der Waals surface area contributed by atoms with Crippen LogP contribution in [0.25, 0.3) is 5.69 Å². The van der Waals surface area contributed by atoms with Crippen molar-refractivity contribution in [2.45, 2.75) is 26.4 Å². The second-order valence-electron chi connectivity index (χ2n) is 6.02. The van der Waals surface area contributed by atoms with Crippen LogP contribution in [0, 0.1) is 11.8 Å². The highest BCUT2D eigenvalue weighted by Crippen LogP contribution is 2.26. The lowest BCUT2D eigenvalue weighted by molar-refractivity contribution is 0.0535. The van der Waals surface area contributed by atoms with E-state index in [4.69, 9.17) is 10.5 Å². The minimum absolute atomic E-state index is 0.168. The fourth-order valence-corrected chi connectivity index (χ4v) is 2.29. The van der Waals surface area contributed by atoms with Crippen molar-refractivity contribution in [3.05, 3.63) is 40.9 Å². The molecule has 0 aliphatic carbocycles. The monoisotopic (exact) mass is 390 g/mol. The maximum Gasteiger partial charge on any atom is 0.408 e. The number of benzene rings is 1. The Balaban J connectivity index is 2.09. The summed E-state index contributed by atoms with van der Waals surface area (Å²) in [5.74, 6) is 5.84. The summed E-state index contributed by atoms with van der Waals surface area (Å²) in [5.41, 5.74) is 7.61. The van der Waals surface area contributed by atoms with Crippen molar-refractivity contribution >= 4 is 27.7 Å². The van der Waals surface area contributed by atoms with Gasteiger partial charge in [0.2, 0.25) is 0 Å². The molecule has 1 heterocycles. The molecule has 2 aromatic rings. The minimum atomic E-state index is -0.536. The van der Waals surface area contributed by atoms with Crippen LogP contribution in [0.1, 0.15) is 26.3 Å². The number of aromatic nitrogens is 2. The van der Waals surface area contributed by atoms with Crippen molar-refractivity contribution in [3.63, 3.8) is 0 Å². The summed E-state index contributed by atoms with van der Waals surface area (Å²) in [6, 6.07) is 3.75. The Morgan fingerprint density at radius 1 is 1.46 bits per heavy atom. The molecule has 0 aliphatic rings. The maximum absolute atomic E-state index is 11.6. The van der Waals surface area contributed by atoms with Gasteiger partial charge in [0, 0.05) is 22.6 Å². The highest BCUT2D eigenvalue weighted by molar-refractivity contribution is 9.10. The third kappa shape index (κ3) is 5.03. The number of halogens is 1. The summed E-state index contributed by atoms with van der Waals surface area (Å²) < 4.78 is 7.74. The van der Waals surface area contributed by atoms with Crippen molar-refractivity contribution in [3.8, 4) is 17.5 Å². The number of hydrogen-bond acceptors (Lipinski definition) is 4. The van der Waals surface area contributed by atoms with Gasteiger partial charge in [-0.25, -0.2) is 9.78 Å². The number of amides is 1. The van der Waals surface area contributed by atoms with Crippen molar-refractivity contribution in [2.75, 3.05) is 12.3 Å². The molecule has 7 heteroatoms. The molecule has 1 amide bonds. The number of nitrogens with two attached hydrogens (primary N) is 1. The number of imidazole rings is 1. The summed E-state index contributed by atoms with van der Waals surface area (Å²) in [7, 11) is 0. The van der Waals surface area contributed by atoms with E-state index in [9.17, 15) is 4.79 Å². The van der Waals surface area contributed by atoms with Crippen molar-refractivity contribution in [1.29, 1.82) is 0 Å². The van der Waals surface area contributed by atoms with E-state index in [1.807, 2.05) is 22.9 Å². The van der Waals surface area contributed by atoms with Gasteiger partial charge in [-0.3, -0.25) is 0 Å². The van der Waals surface area contributed by atoms with E-state index in [1.165, 1.54) is 0 Å². The van der Waals surface area contributed by atoms with Gasteiger partial charge in [0.1, 0.15) is 5.60 Å². The van der Waals surface area contributed by atoms with E-state index in [2.05, 4.69) is 38.1 Å². The molecule has 6 nitrogen and oxygen atoms in total. The molecule has 1 aromatic heterocycles. The van der Waals surface area contributed by atoms with Crippen LogP contribution in [-0.2, 0) is 4.74 Å². The third-order valence-corrected chi connectivity index (χ3v) is 3.52. The molecule has 0 bridgehead atoms. The Morgan fingerprint density at radius 2 is 2.21 bits per heavy atom. The topological polar surface area (TPSA) is 82.2 Å². The van der Waals surface area contributed by atoms with Crippen molar-refractivity contribution in [2.24, 2.45) is 0 Å². The molecule has 0 saturated heterocycles. The van der Waals surface area contributed by atoms with Gasteiger partial charge >= 0.3 is 6.09 Å². The highest BCUT2D eigenvalue weighted by atomic mass is 79.9. The molecule has 1 aromatic carbocycles. The van der Waals surface area contributed by atoms with Crippen LogP contribution in [0.15, 0.2) is 35.3 Å². The van der Waals surface area contributed by atoms with E-state index in [-0.39, 0.29) is 6.54 Å². The quantitative estimate of drug-likeness (QED) is 0.609. The van der Waals surface area contributed by atoms with Gasteiger partial charge in [-0.05, 0) is 48.8 Å². The fourth-order valence-electron chi connectivity index (χ4n) is 1.84. The van der Waals surface area contributed by atoms with E-state index in [0.29, 0.717) is 11.3 Å². The largest absolute Gasteiger partial charge is 0.444 e. The zero-order valence-electron chi connectivity index (χ0n) is 13.8. The summed E-state index contributed by atoms with van der Waals surface area (Å²) in [4.78, 5) is 15.6. The van der Waals surface area contributed by atoms with Crippen LogP contribution < -0.4 is 11.1 Å². The fraction of sp³-hybridized carbons (Fsp3) is 0.294. The third-order valence-electron chi connectivity index (χ3n) is 2.86. The molecule has 2 rings (SSSR count). The van der Waals surface area contributed by atoms with Gasteiger partial charge in [-0.1, -0.05) is 11.8 Å². The first-order valence-electron chi connectivity index (χ1n) is 7.29. The van der Waals surface area contributed by atoms with Gasteiger partial charge in [0.05, 0.1) is 24.1 Å². The maximum atomic E-state index is 11.6. The molecule has 0 fully saturated rings. The average molecular weight is 391 g/mol. The Hall–Kier alpha value is -2.46. The first-order valence-corrected chi connectivity index (χ1v) is 8.08. The average Bonchev–Trinajstić information content (AvgIpc) is 3.00. The van der Waals surface area contributed by atoms with Crippen LogP contribution in [0.3, 0.4) is 0 Å². The SMILES string of the molecule is CC(C)(C)OC(=O)NCC#Cc1cc(-n2ccnc2)cc(Br)c1N. The summed E-state index contributed by atoms with van der Waals surface area (Å²) in [6.45, 7) is 5.58. The lowest BCUT2D eigenvalue weighted by Crippen LogP contribution is -2.32. The van der Waals surface area contributed by atoms with E-state index < -0.39 is 11.7 Å². The minimum Gasteiger partial charge on any atom is -0.444 e. The molecule has 0 atom stereocenters. The normalized spacial score (nSPS) is 10.7. The van der Waals surface area contributed by atoms with Gasteiger partial charge in [0.25, 0.3) is 0 Å². The zero-order valence-corrected chi connectivity index (χ0v) is 15.3. The molecule has 0 radical (unpaired) electrons. The number of nitrogens with zero attached hydrogens (tertiary/aromatic N) is 2. The standard InChI is InChI=1S/C17H19BrN4O2/c1-17(2,3)24-16(23)21-6-4-5-12-9-13(10-14(18)15(12)19)22-8-7-20-11-22/h7-11H,6,19H2,1-3H3,(H,21,23). The second kappa shape index (κ2) is 7.41. The van der Waals surface area contributed by atoms with E-state index in [0.717, 1.165) is 10.2 Å². The van der Waals surface area contributed by atoms with Crippen LogP contribution in [0.5, 0.6) is 0 Å². The number of nitrogen functional groups attached to an aromatic ring is 1. The number of nitrogens with one attached hydrogen (secondary N) is 1. The number of ether oxygens (including phenoxy) is 1. The van der Waals surface area contributed by atoms with Crippen molar-refractivity contribution < 1.29 is 9.53 Å². The molecule has 0 saturated carbocycles. The lowest BCUT2D eigenvalue weighted by atomic mass is 10.1. The number of alkyl carbamates (subject to hydrolysis) is 1. The zero-order chi connectivity index (χ0) is 17.7. The molecule has 0 unspecified atom stereocenters. The number of anilines is 1. The van der Waals surface area contributed by atoms with Gasteiger partial charge in [-0.15, -0.1) is 0 Å². The Morgan fingerprint density at radius 3 is 2.83 bits per heavy atom. The number of carbonyl (C=O) groups excluding carboxylic acids is 1. The van der Waals surface area contributed by atoms with Gasteiger partial charge in [-0.2, -0.15) is 0 Å². The summed E-state index contributed by atoms with van der Waals surface area (Å²) >= 11 is 3.43. The molecular weight excluding hydrogens is 372 g/mol. The predicted octanol–water partition coefficient (Wildman–Crippen LogP) is 3.09. The second-order valence-corrected chi connectivity index (χ2v) is 6.87. The lowest BCUT2D eigenvalue weighted by Gasteiger charge is -2.19. The number of rotatable bonds is 2. The van der Waals surface area contributed by atoms with E-state index in [1.54, 1.807) is 33.3 Å². The van der Waals surface area contributed by atoms with Gasteiger partial charge in [0.15, 0.2) is 0 Å². The Kier molecular flexibility index (Phi) is 5.52. The molecule has 126 valence electrons. The van der Waals surface area contributed by atoms with Crippen LogP contribution in [-0.4, -0.2) is 27.8 Å². The van der Waals surface area contributed by atoms with Crippen molar-refractivity contribution in [1.82, 2.24) is 14.9 Å². The smallest absolute Gasteiger partial charge is 0.408 e. The highest BCUT2D eigenvalue weighted by Gasteiger charge is 2.15. The molecule has 0 spiro atoms. The van der Waals surface area contributed by atoms with Crippen LogP contribution in [0.2, 0.25) is 0 Å². The Bertz CT molecular complexity index is 783. The van der Waals surface area contributed by atoms with Crippen LogP contribution >= 0.6 is 15.9 Å². The molecule has 24 heavy (non-hydrogen) atoms. The summed E-state index contributed by atoms with van der Waals surface area (Å²) in [5, 5.41) is 2.58. The van der Waals surface area contributed by atoms with Crippen LogP contribution in [0.4, 0.5) is 10.5 Å². The number of carbonyl (C=O) groups is 1. The predicted molar refractivity (Wildman–Crippen MR) is 96.8 cm³/mol. The molecule has 3 N–H and O–H groups in total. The van der Waals surface area contributed by atoms with E-state index >= 15 is 0 Å². The first-order chi connectivity index (χ1) is 11.3. The van der Waals surface area contributed by atoms with Gasteiger partial charge < -0.3 is 20.4 Å². The molecular formula is C17H19BrN4O2. The summed E-state index contributed by atoms with van der Waals surface area (Å²) in [6.07, 6.45) is 4.72. The Labute approximate surface area is 149 Å². The number of hydrogen-bond donors (Lipinski definition) is 2.